The first kappa shape index (κ1) is 21.6. The van der Waals surface area contributed by atoms with Crippen molar-refractivity contribution in [2.75, 3.05) is 11.9 Å². The normalized spacial score (nSPS) is 10.2. The zero-order chi connectivity index (χ0) is 22.1. The monoisotopic (exact) mass is 418 g/mol. The number of amides is 2. The molecule has 0 aliphatic rings. The van der Waals surface area contributed by atoms with Crippen LogP contribution < -0.4 is 10.6 Å². The number of para-hydroxylation sites is 1. The molecule has 0 unspecified atom stereocenters. The third kappa shape index (κ3) is 6.71. The van der Waals surface area contributed by atoms with E-state index in [4.69, 9.17) is 4.74 Å². The van der Waals surface area contributed by atoms with Gasteiger partial charge in [-0.25, -0.2) is 0 Å². The number of carbonyl (C=O) groups is 3. The molecule has 2 amide bonds. The number of aromatic hydroxyl groups is 1. The van der Waals surface area contributed by atoms with Crippen LogP contribution in [-0.2, 0) is 27.3 Å². The molecule has 7 heteroatoms. The number of phenolic OH excluding ortho intramolecular Hbond substituents is 1. The van der Waals surface area contributed by atoms with Crippen LogP contribution in [0.1, 0.15) is 21.5 Å². The Morgan fingerprint density at radius 3 is 2.23 bits per heavy atom. The van der Waals surface area contributed by atoms with E-state index in [0.29, 0.717) is 23.4 Å². The molecule has 31 heavy (non-hydrogen) atoms. The molecule has 3 aromatic carbocycles. The second kappa shape index (κ2) is 10.6. The highest BCUT2D eigenvalue weighted by atomic mass is 16.5. The van der Waals surface area contributed by atoms with Gasteiger partial charge in [0.15, 0.2) is 6.61 Å². The fraction of sp³-hybridized carbons (Fsp3) is 0.125. The van der Waals surface area contributed by atoms with Gasteiger partial charge in [0, 0.05) is 6.54 Å². The van der Waals surface area contributed by atoms with Gasteiger partial charge in [0.1, 0.15) is 5.75 Å². The molecule has 0 saturated carbocycles. The fourth-order valence-electron chi connectivity index (χ4n) is 2.83. The highest BCUT2D eigenvalue weighted by Gasteiger charge is 2.14. The number of phenols is 1. The van der Waals surface area contributed by atoms with Gasteiger partial charge in [-0.05, 0) is 35.4 Å². The summed E-state index contributed by atoms with van der Waals surface area (Å²) in [7, 11) is 0. The highest BCUT2D eigenvalue weighted by Crippen LogP contribution is 2.15. The van der Waals surface area contributed by atoms with Crippen LogP contribution in [0.4, 0.5) is 5.69 Å². The van der Waals surface area contributed by atoms with Crippen molar-refractivity contribution in [2.45, 2.75) is 13.0 Å². The minimum atomic E-state index is -0.574. The van der Waals surface area contributed by atoms with Crippen LogP contribution in [0.5, 0.6) is 5.75 Å². The number of hydrogen-bond acceptors (Lipinski definition) is 5. The van der Waals surface area contributed by atoms with Gasteiger partial charge >= 0.3 is 5.97 Å². The minimum Gasteiger partial charge on any atom is -0.508 e. The van der Waals surface area contributed by atoms with Crippen molar-refractivity contribution in [2.24, 2.45) is 0 Å². The van der Waals surface area contributed by atoms with E-state index in [1.807, 2.05) is 30.3 Å². The molecule has 7 nitrogen and oxygen atoms in total. The Morgan fingerprint density at radius 1 is 0.806 bits per heavy atom. The van der Waals surface area contributed by atoms with Gasteiger partial charge in [-0.1, -0.05) is 54.6 Å². The molecule has 3 aromatic rings. The Morgan fingerprint density at radius 2 is 1.48 bits per heavy atom. The smallest absolute Gasteiger partial charge is 0.310 e. The van der Waals surface area contributed by atoms with Crippen LogP contribution in [0, 0.1) is 0 Å². The summed E-state index contributed by atoms with van der Waals surface area (Å²) < 4.78 is 5.00. The predicted molar refractivity (Wildman–Crippen MR) is 115 cm³/mol. The van der Waals surface area contributed by atoms with Crippen molar-refractivity contribution in [1.82, 2.24) is 5.32 Å². The third-order valence-corrected chi connectivity index (χ3v) is 4.39. The van der Waals surface area contributed by atoms with Gasteiger partial charge in [-0.2, -0.15) is 0 Å². The molecule has 0 fully saturated rings. The summed E-state index contributed by atoms with van der Waals surface area (Å²) >= 11 is 0. The van der Waals surface area contributed by atoms with E-state index in [1.165, 1.54) is 12.1 Å². The molecule has 3 N–H and O–H groups in total. The van der Waals surface area contributed by atoms with E-state index in [2.05, 4.69) is 10.6 Å². The average molecular weight is 418 g/mol. The summed E-state index contributed by atoms with van der Waals surface area (Å²) in [5.74, 6) is -1.36. The summed E-state index contributed by atoms with van der Waals surface area (Å²) in [5.41, 5.74) is 2.25. The minimum absolute atomic E-state index is 0.0218. The number of hydrogen-bond donors (Lipinski definition) is 3. The van der Waals surface area contributed by atoms with Crippen LogP contribution in [0.2, 0.25) is 0 Å². The van der Waals surface area contributed by atoms with Crippen molar-refractivity contribution < 1.29 is 24.2 Å². The van der Waals surface area contributed by atoms with Gasteiger partial charge in [-0.15, -0.1) is 0 Å². The largest absolute Gasteiger partial charge is 0.508 e. The maximum absolute atomic E-state index is 12.5. The molecule has 0 radical (unpaired) electrons. The Balaban J connectivity index is 1.52. The Kier molecular flexibility index (Phi) is 7.37. The Labute approximate surface area is 179 Å². The molecule has 0 spiro atoms. The lowest BCUT2D eigenvalue weighted by Gasteiger charge is -2.12. The van der Waals surface area contributed by atoms with Gasteiger partial charge in [-0.3, -0.25) is 14.4 Å². The van der Waals surface area contributed by atoms with Crippen molar-refractivity contribution >= 4 is 23.5 Å². The number of anilines is 1. The molecule has 0 saturated heterocycles. The molecule has 0 aliphatic carbocycles. The van der Waals surface area contributed by atoms with Crippen molar-refractivity contribution in [3.63, 3.8) is 0 Å². The van der Waals surface area contributed by atoms with Gasteiger partial charge < -0.3 is 20.5 Å². The molecule has 0 aliphatic heterocycles. The fourth-order valence-corrected chi connectivity index (χ4v) is 2.83. The zero-order valence-electron chi connectivity index (χ0n) is 16.7. The van der Waals surface area contributed by atoms with Gasteiger partial charge in [0.2, 0.25) is 0 Å². The number of esters is 1. The van der Waals surface area contributed by atoms with Crippen LogP contribution in [0.15, 0.2) is 78.9 Å². The predicted octanol–water partition coefficient (Wildman–Crippen LogP) is 3.05. The van der Waals surface area contributed by atoms with E-state index < -0.39 is 18.5 Å². The summed E-state index contributed by atoms with van der Waals surface area (Å²) in [4.78, 5) is 36.7. The topological polar surface area (TPSA) is 105 Å². The SMILES string of the molecule is O=C(COC(=O)Cc1ccc(O)cc1)Nc1ccccc1C(=O)NCc1ccccc1. The number of rotatable bonds is 8. The van der Waals surface area contributed by atoms with E-state index in [1.54, 1.807) is 36.4 Å². The van der Waals surface area contributed by atoms with Crippen molar-refractivity contribution in [3.05, 3.63) is 95.6 Å². The summed E-state index contributed by atoms with van der Waals surface area (Å²) in [5, 5.41) is 14.7. The molecule has 0 aromatic heterocycles. The van der Waals surface area contributed by atoms with Crippen LogP contribution in [-0.4, -0.2) is 29.5 Å². The lowest BCUT2D eigenvalue weighted by molar-refractivity contribution is -0.146. The lowest BCUT2D eigenvalue weighted by atomic mass is 10.1. The molecule has 0 atom stereocenters. The van der Waals surface area contributed by atoms with Gasteiger partial charge in [0.25, 0.3) is 11.8 Å². The van der Waals surface area contributed by atoms with Gasteiger partial charge in [0.05, 0.1) is 17.7 Å². The highest BCUT2D eigenvalue weighted by molar-refractivity contribution is 6.04. The Hall–Kier alpha value is -4.13. The maximum Gasteiger partial charge on any atom is 0.310 e. The maximum atomic E-state index is 12.5. The van der Waals surface area contributed by atoms with E-state index in [0.717, 1.165) is 5.56 Å². The first-order valence-corrected chi connectivity index (χ1v) is 9.66. The van der Waals surface area contributed by atoms with E-state index in [-0.39, 0.29) is 18.1 Å². The number of ether oxygens (including phenoxy) is 1. The lowest BCUT2D eigenvalue weighted by Crippen LogP contribution is -2.26. The van der Waals surface area contributed by atoms with Crippen LogP contribution in [0.25, 0.3) is 0 Å². The van der Waals surface area contributed by atoms with Crippen molar-refractivity contribution in [1.29, 1.82) is 0 Å². The summed E-state index contributed by atoms with van der Waals surface area (Å²) in [6.45, 7) is -0.117. The molecule has 158 valence electrons. The molecular weight excluding hydrogens is 396 g/mol. The van der Waals surface area contributed by atoms with E-state index in [9.17, 15) is 19.5 Å². The first-order valence-electron chi connectivity index (χ1n) is 9.66. The number of benzene rings is 3. The van der Waals surface area contributed by atoms with Crippen LogP contribution >= 0.6 is 0 Å². The second-order valence-electron chi connectivity index (χ2n) is 6.77. The molecule has 0 heterocycles. The molecule has 3 rings (SSSR count). The summed E-state index contributed by atoms with van der Waals surface area (Å²) in [6, 6.07) is 22.2. The second-order valence-corrected chi connectivity index (χ2v) is 6.77. The third-order valence-electron chi connectivity index (χ3n) is 4.39. The average Bonchev–Trinajstić information content (AvgIpc) is 2.79. The van der Waals surface area contributed by atoms with Crippen molar-refractivity contribution in [3.8, 4) is 5.75 Å². The standard InChI is InChI=1S/C24H22N2O5/c27-19-12-10-17(11-13-19)14-23(29)31-16-22(28)26-21-9-5-4-8-20(21)24(30)25-15-18-6-2-1-3-7-18/h1-13,27H,14-16H2,(H,25,30)(H,26,28). The summed E-state index contributed by atoms with van der Waals surface area (Å²) in [6.07, 6.45) is -0.0218. The zero-order valence-corrected chi connectivity index (χ0v) is 16.7. The number of carbonyl (C=O) groups excluding carboxylic acids is 3. The molecular formula is C24H22N2O5. The Bertz CT molecular complexity index is 1050. The quantitative estimate of drug-likeness (QED) is 0.488. The van der Waals surface area contributed by atoms with Crippen LogP contribution in [0.3, 0.4) is 0 Å². The number of nitrogens with one attached hydrogen (secondary N) is 2. The first-order chi connectivity index (χ1) is 15.0. The molecule has 0 bridgehead atoms. The van der Waals surface area contributed by atoms with E-state index >= 15 is 0 Å².